The Morgan fingerprint density at radius 2 is 1.94 bits per heavy atom. The number of fused-ring (bicyclic) bond motifs is 1. The number of carbonyl (C=O) groups excluding carboxylic acids is 1. The Kier molecular flexibility index (Phi) is 6.77. The summed E-state index contributed by atoms with van der Waals surface area (Å²) < 4.78 is 33.4. The van der Waals surface area contributed by atoms with Crippen LogP contribution in [0.2, 0.25) is 0 Å². The van der Waals surface area contributed by atoms with Gasteiger partial charge in [0.1, 0.15) is 11.4 Å². The Hall–Kier alpha value is -2.79. The first-order valence-electron chi connectivity index (χ1n) is 11.7. The number of carbonyl (C=O) groups is 1. The number of amides is 1. The Bertz CT molecular complexity index is 1290. The van der Waals surface area contributed by atoms with Crippen LogP contribution < -0.4 is 5.32 Å². The molecule has 3 aromatic rings. The van der Waals surface area contributed by atoms with E-state index < -0.39 is 15.6 Å². The van der Waals surface area contributed by atoms with Crippen molar-refractivity contribution in [2.75, 3.05) is 14.1 Å². The molecule has 0 spiro atoms. The molecular formula is C23H32N6O4S. The Morgan fingerprint density at radius 3 is 2.56 bits per heavy atom. The highest BCUT2D eigenvalue weighted by molar-refractivity contribution is 7.89. The van der Waals surface area contributed by atoms with Gasteiger partial charge < -0.3 is 14.4 Å². The zero-order chi connectivity index (χ0) is 24.5. The van der Waals surface area contributed by atoms with E-state index in [-0.39, 0.29) is 17.2 Å². The van der Waals surface area contributed by atoms with Gasteiger partial charge in [0.25, 0.3) is 0 Å². The number of imidazole rings is 1. The van der Waals surface area contributed by atoms with Crippen LogP contribution >= 0.6 is 0 Å². The summed E-state index contributed by atoms with van der Waals surface area (Å²) in [6.45, 7) is 4.42. The topological polar surface area (TPSA) is 123 Å². The summed E-state index contributed by atoms with van der Waals surface area (Å²) in [6.07, 6.45) is 5.38. The van der Waals surface area contributed by atoms with E-state index in [9.17, 15) is 13.2 Å². The minimum Gasteiger partial charge on any atom is -0.343 e. The van der Waals surface area contributed by atoms with Gasteiger partial charge in [-0.2, -0.15) is 4.98 Å². The van der Waals surface area contributed by atoms with Crippen LogP contribution in [0.3, 0.4) is 0 Å². The molecule has 1 aromatic carbocycles. The fraction of sp³-hybridized carbons (Fsp3) is 0.565. The van der Waals surface area contributed by atoms with Gasteiger partial charge in [-0.15, -0.1) is 0 Å². The van der Waals surface area contributed by atoms with Crippen molar-refractivity contribution in [1.82, 2.24) is 29.3 Å². The number of nitrogens with zero attached hydrogens (tertiary/aromatic N) is 5. The SMILES string of the molecule is CCn1c(CCC(=O)NC2(c3noc(C)n3)CCCCC2)nc2cc(S(=O)(=O)N(C)C)ccc21. The van der Waals surface area contributed by atoms with E-state index in [2.05, 4.69) is 20.4 Å². The second-order valence-electron chi connectivity index (χ2n) is 9.04. The lowest BCUT2D eigenvalue weighted by molar-refractivity contribution is -0.123. The lowest BCUT2D eigenvalue weighted by Crippen LogP contribution is -2.48. The minimum absolute atomic E-state index is 0.0880. The van der Waals surface area contributed by atoms with Gasteiger partial charge in [0.2, 0.25) is 21.8 Å². The van der Waals surface area contributed by atoms with E-state index >= 15 is 0 Å². The molecule has 34 heavy (non-hydrogen) atoms. The van der Waals surface area contributed by atoms with Crippen LogP contribution in [-0.2, 0) is 33.3 Å². The molecule has 0 atom stereocenters. The molecule has 10 nitrogen and oxygen atoms in total. The zero-order valence-corrected chi connectivity index (χ0v) is 21.0. The van der Waals surface area contributed by atoms with Crippen LogP contribution in [0.25, 0.3) is 11.0 Å². The molecular weight excluding hydrogens is 456 g/mol. The number of rotatable bonds is 8. The average molecular weight is 489 g/mol. The number of sulfonamides is 1. The fourth-order valence-corrected chi connectivity index (χ4v) is 5.60. The van der Waals surface area contributed by atoms with Crippen molar-refractivity contribution >= 4 is 27.0 Å². The number of hydrogen-bond donors (Lipinski definition) is 1. The Labute approximate surface area is 199 Å². The second kappa shape index (κ2) is 9.46. The van der Waals surface area contributed by atoms with Crippen LogP contribution in [0, 0.1) is 6.92 Å². The molecule has 2 aromatic heterocycles. The zero-order valence-electron chi connectivity index (χ0n) is 20.2. The normalized spacial score (nSPS) is 16.3. The predicted octanol–water partition coefficient (Wildman–Crippen LogP) is 2.91. The molecule has 1 amide bonds. The van der Waals surface area contributed by atoms with Crippen LogP contribution in [0.5, 0.6) is 0 Å². The molecule has 0 aliphatic heterocycles. The van der Waals surface area contributed by atoms with Crippen molar-refractivity contribution in [3.63, 3.8) is 0 Å². The van der Waals surface area contributed by atoms with Gasteiger partial charge >= 0.3 is 0 Å². The summed E-state index contributed by atoms with van der Waals surface area (Å²) >= 11 is 0. The molecule has 1 saturated carbocycles. The van der Waals surface area contributed by atoms with Crippen molar-refractivity contribution in [2.45, 2.75) is 75.8 Å². The molecule has 1 aliphatic rings. The Morgan fingerprint density at radius 1 is 1.21 bits per heavy atom. The number of benzene rings is 1. The van der Waals surface area contributed by atoms with E-state index in [0.29, 0.717) is 30.2 Å². The summed E-state index contributed by atoms with van der Waals surface area (Å²) in [7, 11) is -0.546. The maximum absolute atomic E-state index is 13.0. The highest BCUT2D eigenvalue weighted by atomic mass is 32.2. The molecule has 0 unspecified atom stereocenters. The first-order chi connectivity index (χ1) is 16.2. The van der Waals surface area contributed by atoms with Crippen molar-refractivity contribution in [3.05, 3.63) is 35.7 Å². The fourth-order valence-electron chi connectivity index (χ4n) is 4.68. The highest BCUT2D eigenvalue weighted by Gasteiger charge is 2.39. The summed E-state index contributed by atoms with van der Waals surface area (Å²) in [5.41, 5.74) is 0.862. The maximum atomic E-state index is 13.0. The third kappa shape index (κ3) is 4.58. The number of aryl methyl sites for hydroxylation is 3. The molecule has 4 rings (SSSR count). The van der Waals surface area contributed by atoms with E-state index in [4.69, 9.17) is 4.52 Å². The standard InChI is InChI=1S/C23H32N6O4S/c1-5-29-19-10-9-17(34(31,32)28(3)4)15-18(19)25-20(29)11-12-21(30)26-23(13-7-6-8-14-23)22-24-16(2)33-27-22/h9-10,15H,5-8,11-14H2,1-4H3,(H,26,30). The van der Waals surface area contributed by atoms with Crippen LogP contribution in [-0.4, -0.2) is 52.4 Å². The predicted molar refractivity (Wildman–Crippen MR) is 127 cm³/mol. The highest BCUT2D eigenvalue weighted by Crippen LogP contribution is 2.35. The number of hydrogen-bond acceptors (Lipinski definition) is 7. The van der Waals surface area contributed by atoms with Crippen LogP contribution in [0.4, 0.5) is 0 Å². The molecule has 1 aliphatic carbocycles. The molecule has 11 heteroatoms. The number of aromatic nitrogens is 4. The summed E-state index contributed by atoms with van der Waals surface area (Å²) in [4.78, 5) is 22.3. The average Bonchev–Trinajstić information content (AvgIpc) is 3.41. The van der Waals surface area contributed by atoms with E-state index in [0.717, 1.165) is 43.4 Å². The van der Waals surface area contributed by atoms with Crippen molar-refractivity contribution in [3.8, 4) is 0 Å². The summed E-state index contributed by atoms with van der Waals surface area (Å²) in [6, 6.07) is 4.97. The van der Waals surface area contributed by atoms with Gasteiger partial charge in [-0.1, -0.05) is 24.4 Å². The van der Waals surface area contributed by atoms with Gasteiger partial charge in [0, 0.05) is 40.4 Å². The molecule has 1 N–H and O–H groups in total. The molecule has 0 bridgehead atoms. The van der Waals surface area contributed by atoms with E-state index in [1.807, 2.05) is 11.5 Å². The lowest BCUT2D eigenvalue weighted by Gasteiger charge is -2.35. The summed E-state index contributed by atoms with van der Waals surface area (Å²) in [5.74, 6) is 1.70. The lowest BCUT2D eigenvalue weighted by atomic mass is 9.81. The third-order valence-electron chi connectivity index (χ3n) is 6.51. The molecule has 2 heterocycles. The third-order valence-corrected chi connectivity index (χ3v) is 8.32. The number of nitrogens with one attached hydrogen (secondary N) is 1. The molecule has 184 valence electrons. The minimum atomic E-state index is -3.55. The molecule has 0 saturated heterocycles. The molecule has 0 radical (unpaired) electrons. The second-order valence-corrected chi connectivity index (χ2v) is 11.2. The summed E-state index contributed by atoms with van der Waals surface area (Å²) in [5, 5.41) is 7.31. The van der Waals surface area contributed by atoms with Gasteiger partial charge in [-0.3, -0.25) is 4.79 Å². The van der Waals surface area contributed by atoms with Crippen molar-refractivity contribution in [1.29, 1.82) is 0 Å². The van der Waals surface area contributed by atoms with Gasteiger partial charge in [-0.25, -0.2) is 17.7 Å². The smallest absolute Gasteiger partial charge is 0.242 e. The Balaban J connectivity index is 1.53. The van der Waals surface area contributed by atoms with Crippen LogP contribution in [0.1, 0.15) is 63.0 Å². The van der Waals surface area contributed by atoms with E-state index in [1.54, 1.807) is 25.1 Å². The molecule has 1 fully saturated rings. The van der Waals surface area contributed by atoms with E-state index in [1.165, 1.54) is 18.4 Å². The quantitative estimate of drug-likeness (QED) is 0.517. The first kappa shape index (κ1) is 24.3. The van der Waals surface area contributed by atoms with Crippen molar-refractivity contribution < 1.29 is 17.7 Å². The largest absolute Gasteiger partial charge is 0.343 e. The van der Waals surface area contributed by atoms with Gasteiger partial charge in [0.15, 0.2) is 5.82 Å². The van der Waals surface area contributed by atoms with Crippen molar-refractivity contribution in [2.24, 2.45) is 0 Å². The maximum Gasteiger partial charge on any atom is 0.242 e. The first-order valence-corrected chi connectivity index (χ1v) is 13.1. The van der Waals surface area contributed by atoms with Crippen LogP contribution in [0.15, 0.2) is 27.6 Å². The van der Waals surface area contributed by atoms with Gasteiger partial charge in [0.05, 0.1) is 15.9 Å². The van der Waals surface area contributed by atoms with Gasteiger partial charge in [-0.05, 0) is 38.0 Å². The monoisotopic (exact) mass is 488 g/mol.